The molecule has 3 rings (SSSR count). The van der Waals surface area contributed by atoms with Crippen molar-refractivity contribution in [2.24, 2.45) is 0 Å². The smallest absolute Gasteiger partial charge is 0.223 e. The van der Waals surface area contributed by atoms with Gasteiger partial charge >= 0.3 is 0 Å². The topological polar surface area (TPSA) is 20.3 Å². The summed E-state index contributed by atoms with van der Waals surface area (Å²) in [7, 11) is 0. The van der Waals surface area contributed by atoms with Crippen molar-refractivity contribution in [2.75, 3.05) is 6.54 Å². The molecule has 0 saturated carbocycles. The van der Waals surface area contributed by atoms with Crippen LogP contribution in [0.1, 0.15) is 120 Å². The molecule has 0 N–H and O–H groups in total. The van der Waals surface area contributed by atoms with Crippen molar-refractivity contribution in [3.8, 4) is 0 Å². The van der Waals surface area contributed by atoms with Gasteiger partial charge in [0.1, 0.15) is 0 Å². The van der Waals surface area contributed by atoms with Gasteiger partial charge in [0.25, 0.3) is 0 Å². The molecule has 1 atom stereocenters. The van der Waals surface area contributed by atoms with Gasteiger partial charge in [-0.05, 0) is 61.6 Å². The first-order chi connectivity index (χ1) is 17.8. The summed E-state index contributed by atoms with van der Waals surface area (Å²) in [4.78, 5) is 15.4. The van der Waals surface area contributed by atoms with Gasteiger partial charge in [0.15, 0.2) is 0 Å². The van der Waals surface area contributed by atoms with Crippen LogP contribution in [0.2, 0.25) is 0 Å². The highest BCUT2D eigenvalue weighted by Crippen LogP contribution is 2.33. The third-order valence-electron chi connectivity index (χ3n) is 7.66. The van der Waals surface area contributed by atoms with Crippen molar-refractivity contribution in [3.63, 3.8) is 0 Å². The second kappa shape index (κ2) is 17.2. The average molecular weight is 488 g/mol. The second-order valence-corrected chi connectivity index (χ2v) is 10.6. The number of amides is 1. The van der Waals surface area contributed by atoms with Crippen molar-refractivity contribution in [3.05, 3.63) is 83.4 Å². The van der Waals surface area contributed by atoms with Crippen LogP contribution < -0.4 is 0 Å². The van der Waals surface area contributed by atoms with E-state index in [0.29, 0.717) is 12.3 Å². The van der Waals surface area contributed by atoms with E-state index in [4.69, 9.17) is 0 Å². The minimum absolute atomic E-state index is 0.160. The molecule has 0 radical (unpaired) electrons. The van der Waals surface area contributed by atoms with E-state index in [2.05, 4.69) is 78.6 Å². The summed E-state index contributed by atoms with van der Waals surface area (Å²) >= 11 is 0. The van der Waals surface area contributed by atoms with Crippen molar-refractivity contribution < 1.29 is 4.79 Å². The molecule has 0 spiro atoms. The number of hydrogen-bond donors (Lipinski definition) is 0. The monoisotopic (exact) mass is 487 g/mol. The number of carbonyl (C=O) groups excluding carboxylic acids is 1. The number of hydrogen-bond acceptors (Lipinski definition) is 1. The van der Waals surface area contributed by atoms with Gasteiger partial charge in [0.2, 0.25) is 5.91 Å². The summed E-state index contributed by atoms with van der Waals surface area (Å²) in [5, 5.41) is 0. The van der Waals surface area contributed by atoms with Crippen LogP contribution in [0.25, 0.3) is 0 Å². The number of unbranched alkanes of at least 4 members (excludes halogenated alkanes) is 11. The first-order valence-electron chi connectivity index (χ1n) is 14.9. The maximum Gasteiger partial charge on any atom is 0.223 e. The SMILES string of the molecule is CCCCCCCC/C=C\CCCCCCCC(=O)N1CCc2ccccc2C1Cc1ccccc1. The van der Waals surface area contributed by atoms with E-state index in [-0.39, 0.29) is 6.04 Å². The maximum atomic E-state index is 13.3. The largest absolute Gasteiger partial charge is 0.335 e. The van der Waals surface area contributed by atoms with Gasteiger partial charge in [-0.25, -0.2) is 0 Å². The van der Waals surface area contributed by atoms with Gasteiger partial charge in [-0.15, -0.1) is 0 Å². The Bertz CT molecular complexity index is 887. The fraction of sp³-hybridized carbons (Fsp3) is 0.559. The lowest BCUT2D eigenvalue weighted by Crippen LogP contribution is -2.41. The molecule has 1 heterocycles. The Morgan fingerprint density at radius 3 is 2.11 bits per heavy atom. The zero-order valence-corrected chi connectivity index (χ0v) is 22.8. The van der Waals surface area contributed by atoms with E-state index in [1.54, 1.807) is 0 Å². The number of nitrogens with zero attached hydrogens (tertiary/aromatic N) is 1. The first kappa shape index (κ1) is 28.2. The van der Waals surface area contributed by atoms with Gasteiger partial charge < -0.3 is 4.90 Å². The van der Waals surface area contributed by atoms with Crippen LogP contribution in [0.3, 0.4) is 0 Å². The summed E-state index contributed by atoms with van der Waals surface area (Å²) < 4.78 is 0. The molecule has 2 aromatic carbocycles. The van der Waals surface area contributed by atoms with Crippen LogP contribution in [0, 0.1) is 0 Å². The summed E-state index contributed by atoms with van der Waals surface area (Å²) in [5.41, 5.74) is 4.05. The van der Waals surface area contributed by atoms with Crippen LogP contribution in [0.5, 0.6) is 0 Å². The fourth-order valence-electron chi connectivity index (χ4n) is 5.50. The van der Waals surface area contributed by atoms with Gasteiger partial charge in [-0.2, -0.15) is 0 Å². The normalized spacial score (nSPS) is 15.4. The van der Waals surface area contributed by atoms with E-state index in [9.17, 15) is 4.79 Å². The zero-order chi connectivity index (χ0) is 25.3. The number of carbonyl (C=O) groups is 1. The lowest BCUT2D eigenvalue weighted by Gasteiger charge is -2.38. The molecular formula is C34H49NO. The zero-order valence-electron chi connectivity index (χ0n) is 22.8. The third kappa shape index (κ3) is 9.96. The fourth-order valence-corrected chi connectivity index (χ4v) is 5.50. The van der Waals surface area contributed by atoms with Crippen molar-refractivity contribution >= 4 is 5.91 Å². The standard InChI is InChI=1S/C34H49NO/c1-2-3-4-5-6-7-8-9-10-11-12-13-14-15-19-26-34(36)35-28-27-31-24-20-21-25-32(31)33(35)29-30-22-17-16-18-23-30/h9-10,16-18,20-25,33H,2-8,11-15,19,26-29H2,1H3/b10-9-. The van der Waals surface area contributed by atoms with E-state index in [0.717, 1.165) is 25.8 Å². The van der Waals surface area contributed by atoms with Crippen LogP contribution in [-0.4, -0.2) is 17.4 Å². The Hall–Kier alpha value is -2.35. The lowest BCUT2D eigenvalue weighted by atomic mass is 9.88. The molecule has 1 aliphatic rings. The molecule has 0 bridgehead atoms. The Morgan fingerprint density at radius 2 is 1.39 bits per heavy atom. The third-order valence-corrected chi connectivity index (χ3v) is 7.66. The Balaban J connectivity index is 1.31. The van der Waals surface area contributed by atoms with Crippen molar-refractivity contribution in [2.45, 2.75) is 116 Å². The van der Waals surface area contributed by atoms with Crippen LogP contribution in [-0.2, 0) is 17.6 Å². The van der Waals surface area contributed by atoms with Gasteiger partial charge in [0.05, 0.1) is 6.04 Å². The molecule has 0 aliphatic carbocycles. The molecule has 1 aliphatic heterocycles. The van der Waals surface area contributed by atoms with Crippen molar-refractivity contribution in [1.29, 1.82) is 0 Å². The average Bonchev–Trinajstić information content (AvgIpc) is 2.91. The second-order valence-electron chi connectivity index (χ2n) is 10.6. The number of benzene rings is 2. The Kier molecular flexibility index (Phi) is 13.5. The first-order valence-corrected chi connectivity index (χ1v) is 14.9. The Labute approximate surface area is 221 Å². The predicted octanol–water partition coefficient (Wildman–Crippen LogP) is 9.39. The quantitative estimate of drug-likeness (QED) is 0.161. The maximum absolute atomic E-state index is 13.3. The predicted molar refractivity (Wildman–Crippen MR) is 154 cm³/mol. The van der Waals surface area contributed by atoms with Crippen LogP contribution >= 0.6 is 0 Å². The Morgan fingerprint density at radius 1 is 0.778 bits per heavy atom. The highest BCUT2D eigenvalue weighted by Gasteiger charge is 2.30. The van der Waals surface area contributed by atoms with Gasteiger partial charge in [-0.1, -0.05) is 125 Å². The van der Waals surface area contributed by atoms with Gasteiger partial charge in [-0.3, -0.25) is 4.79 Å². The number of fused-ring (bicyclic) bond motifs is 1. The summed E-state index contributed by atoms with van der Waals surface area (Å²) in [5.74, 6) is 0.336. The molecule has 36 heavy (non-hydrogen) atoms. The van der Waals surface area contributed by atoms with E-state index >= 15 is 0 Å². The van der Waals surface area contributed by atoms with Crippen molar-refractivity contribution in [1.82, 2.24) is 4.90 Å². The molecule has 2 aromatic rings. The number of allylic oxidation sites excluding steroid dienone is 2. The molecule has 1 unspecified atom stereocenters. The van der Waals surface area contributed by atoms with E-state index in [1.807, 2.05) is 0 Å². The number of rotatable bonds is 17. The van der Waals surface area contributed by atoms with Crippen LogP contribution in [0.15, 0.2) is 66.7 Å². The molecule has 2 nitrogen and oxygen atoms in total. The summed E-state index contributed by atoms with van der Waals surface area (Å²) in [6.45, 7) is 3.12. The molecule has 0 fully saturated rings. The summed E-state index contributed by atoms with van der Waals surface area (Å²) in [6, 6.07) is 19.5. The van der Waals surface area contributed by atoms with E-state index in [1.165, 1.54) is 93.7 Å². The molecule has 0 saturated heterocycles. The molecule has 1 amide bonds. The minimum atomic E-state index is 0.160. The molecule has 2 heteroatoms. The molecular weight excluding hydrogens is 438 g/mol. The van der Waals surface area contributed by atoms with E-state index < -0.39 is 0 Å². The minimum Gasteiger partial charge on any atom is -0.335 e. The highest BCUT2D eigenvalue weighted by atomic mass is 16.2. The molecule has 196 valence electrons. The van der Waals surface area contributed by atoms with Gasteiger partial charge in [0, 0.05) is 13.0 Å². The lowest BCUT2D eigenvalue weighted by molar-refractivity contribution is -0.134. The molecule has 0 aromatic heterocycles. The highest BCUT2D eigenvalue weighted by molar-refractivity contribution is 5.77. The summed E-state index contributed by atoms with van der Waals surface area (Å²) in [6.07, 6.45) is 24.1. The van der Waals surface area contributed by atoms with Crippen LogP contribution in [0.4, 0.5) is 0 Å².